The molecule has 9 heteroatoms. The number of hydrogen-bond acceptors (Lipinski definition) is 4. The molecular weight excluding hydrogens is 355 g/mol. The molecule has 1 spiro atoms. The second kappa shape index (κ2) is 7.34. The monoisotopic (exact) mass is 376 g/mol. The minimum absolute atomic E-state index is 0.0277. The van der Waals surface area contributed by atoms with Gasteiger partial charge in [-0.1, -0.05) is 31.9 Å². The second-order valence-electron chi connectivity index (χ2n) is 6.92. The molecule has 3 rings (SSSR count). The average molecular weight is 376 g/mol. The van der Waals surface area contributed by atoms with E-state index in [4.69, 9.17) is 0 Å². The van der Waals surface area contributed by atoms with Crippen LogP contribution in [0, 0.1) is 11.7 Å². The number of nitrogens with one attached hydrogen (secondary N) is 3. The van der Waals surface area contributed by atoms with Crippen LogP contribution in [-0.4, -0.2) is 40.9 Å². The summed E-state index contributed by atoms with van der Waals surface area (Å²) in [5.74, 6) is -1.96. The van der Waals surface area contributed by atoms with E-state index in [0.717, 1.165) is 30.2 Å². The lowest BCUT2D eigenvalue weighted by atomic mass is 9.73. The van der Waals surface area contributed by atoms with Crippen molar-refractivity contribution in [3.05, 3.63) is 30.1 Å². The number of para-hydroxylation sites is 1. The zero-order chi connectivity index (χ0) is 19.6. The van der Waals surface area contributed by atoms with E-state index in [2.05, 4.69) is 10.6 Å². The van der Waals surface area contributed by atoms with E-state index < -0.39 is 41.8 Å². The molecule has 1 aromatic rings. The van der Waals surface area contributed by atoms with Gasteiger partial charge in [-0.25, -0.2) is 14.0 Å². The van der Waals surface area contributed by atoms with Gasteiger partial charge in [-0.3, -0.25) is 19.8 Å². The van der Waals surface area contributed by atoms with Gasteiger partial charge in [0.1, 0.15) is 17.9 Å². The molecule has 2 atom stereocenters. The van der Waals surface area contributed by atoms with Gasteiger partial charge in [0, 0.05) is 0 Å². The molecule has 1 aromatic carbocycles. The van der Waals surface area contributed by atoms with Gasteiger partial charge in [0.05, 0.1) is 5.69 Å². The molecule has 6 amide bonds. The molecule has 0 radical (unpaired) electrons. The summed E-state index contributed by atoms with van der Waals surface area (Å²) in [4.78, 5) is 49.8. The molecule has 2 unspecified atom stereocenters. The maximum atomic E-state index is 13.5. The lowest BCUT2D eigenvalue weighted by molar-refractivity contribution is -0.137. The third-order valence-electron chi connectivity index (χ3n) is 5.18. The van der Waals surface area contributed by atoms with Crippen molar-refractivity contribution < 1.29 is 23.6 Å². The van der Waals surface area contributed by atoms with Gasteiger partial charge >= 0.3 is 12.1 Å². The number of halogens is 1. The lowest BCUT2D eigenvalue weighted by Crippen LogP contribution is -2.54. The summed E-state index contributed by atoms with van der Waals surface area (Å²) in [6.07, 6.45) is 3.16. The van der Waals surface area contributed by atoms with E-state index >= 15 is 0 Å². The topological polar surface area (TPSA) is 108 Å². The van der Waals surface area contributed by atoms with Crippen LogP contribution in [0.15, 0.2) is 24.3 Å². The Hall–Kier alpha value is -2.97. The fraction of sp³-hybridized carbons (Fsp3) is 0.444. The summed E-state index contributed by atoms with van der Waals surface area (Å²) in [6, 6.07) is 3.90. The van der Waals surface area contributed by atoms with E-state index in [1.54, 1.807) is 0 Å². The Morgan fingerprint density at radius 1 is 1.30 bits per heavy atom. The Bertz CT molecular complexity index is 799. The smallest absolute Gasteiger partial charge is 0.323 e. The quantitative estimate of drug-likeness (QED) is 0.701. The molecule has 1 saturated heterocycles. The first-order valence-electron chi connectivity index (χ1n) is 8.83. The first-order chi connectivity index (χ1) is 12.8. The molecule has 1 heterocycles. The number of anilines is 1. The first kappa shape index (κ1) is 18.8. The van der Waals surface area contributed by atoms with Crippen molar-refractivity contribution in [3.8, 4) is 0 Å². The predicted molar refractivity (Wildman–Crippen MR) is 94.2 cm³/mol. The minimum atomic E-state index is -0.967. The number of amides is 6. The predicted octanol–water partition coefficient (Wildman–Crippen LogP) is 1.97. The van der Waals surface area contributed by atoms with E-state index in [0.29, 0.717) is 6.42 Å². The number of rotatable bonds is 3. The van der Waals surface area contributed by atoms with Crippen LogP contribution in [0.4, 0.5) is 19.7 Å². The van der Waals surface area contributed by atoms with Crippen molar-refractivity contribution >= 4 is 29.6 Å². The van der Waals surface area contributed by atoms with Crippen molar-refractivity contribution in [3.63, 3.8) is 0 Å². The molecule has 27 heavy (non-hydrogen) atoms. The van der Waals surface area contributed by atoms with Crippen LogP contribution in [0.3, 0.4) is 0 Å². The Labute approximate surface area is 155 Å². The zero-order valence-corrected chi connectivity index (χ0v) is 14.9. The molecule has 0 aromatic heterocycles. The number of carbonyl (C=O) groups is 4. The van der Waals surface area contributed by atoms with Crippen LogP contribution < -0.4 is 16.0 Å². The summed E-state index contributed by atoms with van der Waals surface area (Å²) < 4.78 is 13.5. The van der Waals surface area contributed by atoms with E-state index in [-0.39, 0.29) is 11.6 Å². The highest BCUT2D eigenvalue weighted by atomic mass is 19.1. The van der Waals surface area contributed by atoms with Crippen molar-refractivity contribution in [2.45, 2.75) is 38.1 Å². The van der Waals surface area contributed by atoms with Crippen LogP contribution in [0.25, 0.3) is 0 Å². The largest absolute Gasteiger partial charge is 0.326 e. The fourth-order valence-electron chi connectivity index (χ4n) is 3.66. The molecule has 2 fully saturated rings. The Morgan fingerprint density at radius 3 is 2.74 bits per heavy atom. The summed E-state index contributed by atoms with van der Waals surface area (Å²) in [7, 11) is 0. The molecule has 1 saturated carbocycles. The second-order valence-corrected chi connectivity index (χ2v) is 6.92. The van der Waals surface area contributed by atoms with Gasteiger partial charge in [0.2, 0.25) is 5.91 Å². The molecule has 2 aliphatic rings. The molecule has 1 aliphatic heterocycles. The Morgan fingerprint density at radius 2 is 2.04 bits per heavy atom. The van der Waals surface area contributed by atoms with Crippen LogP contribution >= 0.6 is 0 Å². The summed E-state index contributed by atoms with van der Waals surface area (Å²) in [5.41, 5.74) is -1.06. The Kier molecular flexibility index (Phi) is 5.11. The molecule has 8 nitrogen and oxygen atoms in total. The standard InChI is InChI=1S/C18H21FN4O4/c1-11-6-4-5-9-18(11)15(25)23(17(27)22-18)10-14(24)21-16(26)20-13-8-3-2-7-12(13)19/h2-3,7-8,11H,4-6,9-10H2,1H3,(H,22,27)(H2,20,21,24,26). The number of hydrogen-bond donors (Lipinski definition) is 3. The number of urea groups is 2. The summed E-state index contributed by atoms with van der Waals surface area (Å²) in [6.45, 7) is 1.33. The van der Waals surface area contributed by atoms with Gasteiger partial charge in [0.25, 0.3) is 5.91 Å². The van der Waals surface area contributed by atoms with Crippen molar-refractivity contribution in [1.29, 1.82) is 0 Å². The maximum absolute atomic E-state index is 13.5. The van der Waals surface area contributed by atoms with Crippen molar-refractivity contribution in [2.75, 3.05) is 11.9 Å². The maximum Gasteiger partial charge on any atom is 0.326 e. The molecular formula is C18H21FN4O4. The highest BCUT2D eigenvalue weighted by Gasteiger charge is 2.55. The van der Waals surface area contributed by atoms with Crippen LogP contribution in [0.1, 0.15) is 32.6 Å². The molecule has 3 N–H and O–H groups in total. The van der Waals surface area contributed by atoms with Gasteiger partial charge in [-0.05, 0) is 30.9 Å². The number of imide groups is 2. The third-order valence-corrected chi connectivity index (χ3v) is 5.18. The number of benzene rings is 1. The van der Waals surface area contributed by atoms with E-state index in [1.807, 2.05) is 12.2 Å². The van der Waals surface area contributed by atoms with E-state index in [1.165, 1.54) is 18.2 Å². The number of carbonyl (C=O) groups excluding carboxylic acids is 4. The average Bonchev–Trinajstić information content (AvgIpc) is 2.84. The van der Waals surface area contributed by atoms with E-state index in [9.17, 15) is 23.6 Å². The fourth-order valence-corrected chi connectivity index (χ4v) is 3.66. The lowest BCUT2D eigenvalue weighted by Gasteiger charge is -2.36. The van der Waals surface area contributed by atoms with Gasteiger partial charge in [0.15, 0.2) is 0 Å². The minimum Gasteiger partial charge on any atom is -0.323 e. The highest BCUT2D eigenvalue weighted by molar-refractivity contribution is 6.10. The van der Waals surface area contributed by atoms with Gasteiger partial charge in [-0.2, -0.15) is 0 Å². The molecule has 1 aliphatic carbocycles. The highest BCUT2D eigenvalue weighted by Crippen LogP contribution is 2.38. The third kappa shape index (κ3) is 3.62. The van der Waals surface area contributed by atoms with Gasteiger partial charge < -0.3 is 10.6 Å². The Balaban J connectivity index is 1.60. The summed E-state index contributed by atoms with van der Waals surface area (Å²) >= 11 is 0. The van der Waals surface area contributed by atoms with Crippen LogP contribution in [0.2, 0.25) is 0 Å². The first-order valence-corrected chi connectivity index (χ1v) is 8.83. The normalized spacial score (nSPS) is 24.7. The van der Waals surface area contributed by atoms with Crippen LogP contribution in [-0.2, 0) is 9.59 Å². The number of nitrogens with zero attached hydrogens (tertiary/aromatic N) is 1. The SMILES string of the molecule is CC1CCCCC12NC(=O)N(CC(=O)NC(=O)Nc1ccccc1F)C2=O. The van der Waals surface area contributed by atoms with Crippen molar-refractivity contribution in [1.82, 2.24) is 15.5 Å². The molecule has 144 valence electrons. The molecule has 0 bridgehead atoms. The zero-order valence-electron chi connectivity index (χ0n) is 14.9. The van der Waals surface area contributed by atoms with Gasteiger partial charge in [-0.15, -0.1) is 0 Å². The summed E-state index contributed by atoms with van der Waals surface area (Å²) in [5, 5.41) is 6.93. The van der Waals surface area contributed by atoms with Crippen molar-refractivity contribution in [2.24, 2.45) is 5.92 Å². The van der Waals surface area contributed by atoms with Crippen LogP contribution in [0.5, 0.6) is 0 Å².